The maximum Gasteiger partial charge on any atom is 0.315 e. The van der Waals surface area contributed by atoms with Gasteiger partial charge < -0.3 is 20.6 Å². The van der Waals surface area contributed by atoms with Gasteiger partial charge in [0.2, 0.25) is 0 Å². The van der Waals surface area contributed by atoms with Gasteiger partial charge in [-0.3, -0.25) is 0 Å². The minimum absolute atomic E-state index is 0.145. The molecule has 0 bridgehead atoms. The Morgan fingerprint density at radius 2 is 1.87 bits per heavy atom. The highest BCUT2D eigenvalue weighted by Gasteiger charge is 2.29. The molecule has 1 saturated heterocycles. The van der Waals surface area contributed by atoms with Crippen LogP contribution in [0.15, 0.2) is 0 Å². The van der Waals surface area contributed by atoms with Gasteiger partial charge in [0, 0.05) is 31.7 Å². The molecule has 2 fully saturated rings. The second kappa shape index (κ2) is 8.34. The molecule has 23 heavy (non-hydrogen) atoms. The SMILES string of the molecule is CCC(C)C(C)(O)CNC(=O)NC1CCN(C2CCCC2)CC1. The van der Waals surface area contributed by atoms with Crippen LogP contribution in [0.2, 0.25) is 0 Å². The van der Waals surface area contributed by atoms with Gasteiger partial charge in [0.25, 0.3) is 0 Å². The van der Waals surface area contributed by atoms with Crippen LogP contribution in [0, 0.1) is 5.92 Å². The molecule has 0 aromatic heterocycles. The van der Waals surface area contributed by atoms with Crippen LogP contribution in [0.3, 0.4) is 0 Å². The molecule has 2 amide bonds. The predicted octanol–water partition coefficient (Wildman–Crippen LogP) is 2.49. The Balaban J connectivity index is 1.66. The zero-order valence-electron chi connectivity index (χ0n) is 15.1. The smallest absolute Gasteiger partial charge is 0.315 e. The van der Waals surface area contributed by atoms with E-state index in [0.29, 0.717) is 6.54 Å². The first-order chi connectivity index (χ1) is 10.9. The van der Waals surface area contributed by atoms with Crippen molar-refractivity contribution in [1.82, 2.24) is 15.5 Å². The molecule has 0 aromatic carbocycles. The normalized spacial score (nSPS) is 25.0. The van der Waals surface area contributed by atoms with Gasteiger partial charge in [-0.25, -0.2) is 4.79 Å². The van der Waals surface area contributed by atoms with Gasteiger partial charge in [-0.15, -0.1) is 0 Å². The summed E-state index contributed by atoms with van der Waals surface area (Å²) in [6.07, 6.45) is 8.42. The second-order valence-electron chi connectivity index (χ2n) is 7.74. The van der Waals surface area contributed by atoms with E-state index in [1.165, 1.54) is 25.7 Å². The number of aliphatic hydroxyl groups is 1. The molecule has 1 saturated carbocycles. The van der Waals surface area contributed by atoms with Crippen molar-refractivity contribution in [2.45, 2.75) is 83.4 Å². The van der Waals surface area contributed by atoms with E-state index in [-0.39, 0.29) is 18.0 Å². The lowest BCUT2D eigenvalue weighted by atomic mass is 9.89. The largest absolute Gasteiger partial charge is 0.388 e. The van der Waals surface area contributed by atoms with Crippen molar-refractivity contribution in [1.29, 1.82) is 0 Å². The van der Waals surface area contributed by atoms with Gasteiger partial charge >= 0.3 is 6.03 Å². The molecule has 5 heteroatoms. The molecular formula is C18H35N3O2. The molecule has 5 nitrogen and oxygen atoms in total. The number of urea groups is 1. The number of amides is 2. The third-order valence-corrected chi connectivity index (χ3v) is 5.99. The average Bonchev–Trinajstić information content (AvgIpc) is 3.07. The van der Waals surface area contributed by atoms with Gasteiger partial charge in [-0.05, 0) is 38.5 Å². The maximum absolute atomic E-state index is 12.1. The number of nitrogens with zero attached hydrogens (tertiary/aromatic N) is 1. The van der Waals surface area contributed by atoms with Crippen LogP contribution >= 0.6 is 0 Å². The Morgan fingerprint density at radius 3 is 2.43 bits per heavy atom. The summed E-state index contributed by atoms with van der Waals surface area (Å²) in [5, 5.41) is 16.3. The summed E-state index contributed by atoms with van der Waals surface area (Å²) in [4.78, 5) is 14.7. The van der Waals surface area contributed by atoms with Crippen molar-refractivity contribution in [3.8, 4) is 0 Å². The van der Waals surface area contributed by atoms with Gasteiger partial charge in [0.15, 0.2) is 0 Å². The Morgan fingerprint density at radius 1 is 1.26 bits per heavy atom. The second-order valence-corrected chi connectivity index (χ2v) is 7.74. The van der Waals surface area contributed by atoms with E-state index in [9.17, 15) is 9.90 Å². The lowest BCUT2D eigenvalue weighted by Gasteiger charge is -2.36. The Bertz CT molecular complexity index is 372. The molecular weight excluding hydrogens is 290 g/mol. The molecule has 2 atom stereocenters. The summed E-state index contributed by atoms with van der Waals surface area (Å²) < 4.78 is 0. The number of hydrogen-bond acceptors (Lipinski definition) is 3. The van der Waals surface area contributed by atoms with Crippen LogP contribution in [0.25, 0.3) is 0 Å². The molecule has 1 aliphatic carbocycles. The first kappa shape index (κ1) is 18.5. The van der Waals surface area contributed by atoms with Gasteiger partial charge in [-0.1, -0.05) is 33.1 Å². The standard InChI is InChI=1S/C18H35N3O2/c1-4-14(2)18(3,23)13-19-17(22)20-15-9-11-21(12-10-15)16-7-5-6-8-16/h14-16,23H,4-13H2,1-3H3,(H2,19,20,22). The molecule has 1 aliphatic heterocycles. The van der Waals surface area contributed by atoms with Crippen molar-refractivity contribution in [2.24, 2.45) is 5.92 Å². The Hall–Kier alpha value is -0.810. The minimum atomic E-state index is -0.849. The molecule has 0 aromatic rings. The zero-order chi connectivity index (χ0) is 16.9. The van der Waals surface area contributed by atoms with Crippen LogP contribution in [-0.2, 0) is 0 Å². The molecule has 2 rings (SSSR count). The van der Waals surface area contributed by atoms with Crippen LogP contribution in [-0.4, -0.2) is 53.4 Å². The molecule has 0 radical (unpaired) electrons. The first-order valence-electron chi connectivity index (χ1n) is 9.43. The van der Waals surface area contributed by atoms with Crippen molar-refractivity contribution < 1.29 is 9.90 Å². The fourth-order valence-corrected chi connectivity index (χ4v) is 3.79. The molecule has 3 N–H and O–H groups in total. The lowest BCUT2D eigenvalue weighted by molar-refractivity contribution is 0.00775. The van der Waals surface area contributed by atoms with Crippen LogP contribution in [0.5, 0.6) is 0 Å². The molecule has 134 valence electrons. The molecule has 0 spiro atoms. The lowest BCUT2D eigenvalue weighted by Crippen LogP contribution is -2.52. The summed E-state index contributed by atoms with van der Waals surface area (Å²) in [6, 6.07) is 0.907. The Labute approximate surface area is 141 Å². The van der Waals surface area contributed by atoms with Crippen LogP contribution in [0.4, 0.5) is 4.79 Å². The van der Waals surface area contributed by atoms with Gasteiger partial charge in [0.05, 0.1) is 5.60 Å². The fraction of sp³-hybridized carbons (Fsp3) is 0.944. The maximum atomic E-state index is 12.1. The number of carbonyl (C=O) groups excluding carboxylic acids is 1. The van der Waals surface area contributed by atoms with Crippen molar-refractivity contribution >= 4 is 6.03 Å². The van der Waals surface area contributed by atoms with E-state index in [2.05, 4.69) is 22.5 Å². The zero-order valence-corrected chi connectivity index (χ0v) is 15.1. The molecule has 2 unspecified atom stereocenters. The van der Waals surface area contributed by atoms with E-state index in [4.69, 9.17) is 0 Å². The molecule has 2 aliphatic rings. The summed E-state index contributed by atoms with van der Waals surface area (Å²) in [5.74, 6) is 0.164. The number of carbonyl (C=O) groups is 1. The number of nitrogens with one attached hydrogen (secondary N) is 2. The van der Waals surface area contributed by atoms with E-state index in [0.717, 1.165) is 38.4 Å². The van der Waals surface area contributed by atoms with Crippen molar-refractivity contribution in [3.63, 3.8) is 0 Å². The summed E-state index contributed by atoms with van der Waals surface area (Å²) in [7, 11) is 0. The first-order valence-corrected chi connectivity index (χ1v) is 9.43. The summed E-state index contributed by atoms with van der Waals surface area (Å²) in [6.45, 7) is 8.35. The highest BCUT2D eigenvalue weighted by atomic mass is 16.3. The van der Waals surface area contributed by atoms with E-state index < -0.39 is 5.60 Å². The Kier molecular flexibility index (Phi) is 6.72. The summed E-state index contributed by atoms with van der Waals surface area (Å²) in [5.41, 5.74) is -0.849. The quantitative estimate of drug-likeness (QED) is 0.703. The van der Waals surface area contributed by atoms with Crippen LogP contribution < -0.4 is 10.6 Å². The number of rotatable bonds is 6. The van der Waals surface area contributed by atoms with Crippen molar-refractivity contribution in [3.05, 3.63) is 0 Å². The topological polar surface area (TPSA) is 64.6 Å². The van der Waals surface area contributed by atoms with E-state index in [1.54, 1.807) is 6.92 Å². The van der Waals surface area contributed by atoms with Crippen molar-refractivity contribution in [2.75, 3.05) is 19.6 Å². The fourth-order valence-electron chi connectivity index (χ4n) is 3.79. The minimum Gasteiger partial charge on any atom is -0.388 e. The predicted molar refractivity (Wildman–Crippen MR) is 93.5 cm³/mol. The van der Waals surface area contributed by atoms with E-state index in [1.807, 2.05) is 6.92 Å². The van der Waals surface area contributed by atoms with E-state index >= 15 is 0 Å². The van der Waals surface area contributed by atoms with Gasteiger partial charge in [-0.2, -0.15) is 0 Å². The highest BCUT2D eigenvalue weighted by molar-refractivity contribution is 5.74. The average molecular weight is 325 g/mol. The van der Waals surface area contributed by atoms with Gasteiger partial charge in [0.1, 0.15) is 0 Å². The third-order valence-electron chi connectivity index (χ3n) is 5.99. The van der Waals surface area contributed by atoms with Crippen LogP contribution in [0.1, 0.15) is 65.7 Å². The number of hydrogen-bond donors (Lipinski definition) is 3. The summed E-state index contributed by atoms with van der Waals surface area (Å²) >= 11 is 0. The monoisotopic (exact) mass is 325 g/mol. The number of piperidine rings is 1. The molecule has 1 heterocycles. The third kappa shape index (κ3) is 5.35. The highest BCUT2D eigenvalue weighted by Crippen LogP contribution is 2.26. The number of likely N-dealkylation sites (tertiary alicyclic amines) is 1.